The average molecular weight is 321 g/mol. The van der Waals surface area contributed by atoms with Crippen molar-refractivity contribution in [3.8, 4) is 0 Å². The zero-order valence-corrected chi connectivity index (χ0v) is 12.5. The molecule has 1 fully saturated rings. The largest absolute Gasteiger partial charge is 0.354 e. The highest BCUT2D eigenvalue weighted by Gasteiger charge is 2.33. The number of likely N-dealkylation sites (tertiary alicyclic amines) is 1. The highest BCUT2D eigenvalue weighted by atomic mass is 16.2. The summed E-state index contributed by atoms with van der Waals surface area (Å²) >= 11 is 0. The summed E-state index contributed by atoms with van der Waals surface area (Å²) in [5.74, 6) is -3.60. The zero-order chi connectivity index (χ0) is 24.5. The van der Waals surface area contributed by atoms with E-state index in [0.717, 1.165) is 18.2 Å². The van der Waals surface area contributed by atoms with Gasteiger partial charge in [-0.1, -0.05) is 6.92 Å². The van der Waals surface area contributed by atoms with Gasteiger partial charge in [-0.05, 0) is 18.4 Å². The number of hydrogen-bond donors (Lipinski definition) is 1. The third-order valence-corrected chi connectivity index (χ3v) is 3.40. The number of nitrogens with one attached hydrogen (secondary N) is 1. The number of H-pyrrole nitrogens is 1. The summed E-state index contributed by atoms with van der Waals surface area (Å²) in [5.41, 5.74) is 0.352. The molecule has 0 bridgehead atoms. The van der Waals surface area contributed by atoms with Crippen LogP contribution < -0.4 is 4.90 Å². The van der Waals surface area contributed by atoms with E-state index in [1.165, 1.54) is 13.2 Å². The van der Waals surface area contributed by atoms with Gasteiger partial charge in [0.15, 0.2) is 0 Å². The van der Waals surface area contributed by atoms with Crippen LogP contribution >= 0.6 is 0 Å². The molecule has 0 saturated carbocycles. The maximum absolute atomic E-state index is 12.9. The molecule has 0 aromatic carbocycles. The lowest BCUT2D eigenvalue weighted by Gasteiger charge is -2.41. The van der Waals surface area contributed by atoms with Crippen molar-refractivity contribution in [3.05, 3.63) is 30.0 Å². The van der Waals surface area contributed by atoms with E-state index < -0.39 is 43.7 Å². The quantitative estimate of drug-likeness (QED) is 0.871. The van der Waals surface area contributed by atoms with Gasteiger partial charge in [-0.15, -0.1) is 0 Å². The minimum atomic E-state index is -3.38. The lowest BCUT2D eigenvalue weighted by atomic mass is 9.92. The third kappa shape index (κ3) is 2.84. The normalized spacial score (nSPS) is 37.3. The van der Waals surface area contributed by atoms with E-state index >= 15 is 0 Å². The molecule has 0 spiro atoms. The maximum atomic E-state index is 12.9. The molecular weight excluding hydrogens is 292 g/mol. The van der Waals surface area contributed by atoms with Gasteiger partial charge in [0.25, 0.3) is 6.50 Å². The predicted molar refractivity (Wildman–Crippen MR) is 87.9 cm³/mol. The van der Waals surface area contributed by atoms with Crippen molar-refractivity contribution in [1.29, 1.82) is 0 Å². The Kier molecular flexibility index (Phi) is 2.11. The van der Waals surface area contributed by atoms with E-state index in [1.807, 2.05) is 0 Å². The number of amides is 1. The summed E-state index contributed by atoms with van der Waals surface area (Å²) in [6.45, 7) is -2.00. The number of aromatic amines is 1. The molecule has 0 radical (unpaired) electrons. The molecule has 1 aliphatic rings. The Labute approximate surface area is 147 Å². The van der Waals surface area contributed by atoms with Crippen LogP contribution in [0.15, 0.2) is 18.6 Å². The highest BCUT2D eigenvalue weighted by Crippen LogP contribution is 2.28. The Morgan fingerprint density at radius 3 is 3.35 bits per heavy atom. The van der Waals surface area contributed by atoms with Gasteiger partial charge in [0, 0.05) is 31.7 Å². The smallest absolute Gasteiger partial charge is 0.302 e. The summed E-state index contributed by atoms with van der Waals surface area (Å²) in [7, 11) is 1.25. The summed E-state index contributed by atoms with van der Waals surface area (Å²) in [4.78, 5) is 27.0. The third-order valence-electron chi connectivity index (χ3n) is 3.40. The number of carbonyl (C=O) groups excluding carboxylic acids is 1. The molecule has 3 rings (SSSR count). The number of likely N-dealkylation sites (N-methyl/N-ethyl adjacent to an activating group) is 1. The molecule has 2 atom stereocenters. The summed E-state index contributed by atoms with van der Waals surface area (Å²) < 4.78 is 74.9. The maximum Gasteiger partial charge on any atom is 0.302 e. The first-order valence-corrected chi connectivity index (χ1v) is 6.75. The minimum Gasteiger partial charge on any atom is -0.354 e. The van der Waals surface area contributed by atoms with Gasteiger partial charge in [0.2, 0.25) is 0 Å². The SMILES string of the molecule is [2H]C([2H])([N+]#[C-])C(=O)N1C([2H])([2H])C([2H])([2H])[C@@H](C)[C@]([2H])(N(C)c2ncnc3[nH]ccc23)C1([2H])[2H]. The molecule has 2 aromatic rings. The second kappa shape index (κ2) is 6.24. The molecule has 1 saturated heterocycles. The number of rotatable bonds is 3. The van der Waals surface area contributed by atoms with Crippen molar-refractivity contribution in [2.75, 3.05) is 31.4 Å². The fourth-order valence-corrected chi connectivity index (χ4v) is 2.27. The van der Waals surface area contributed by atoms with Crippen molar-refractivity contribution in [1.82, 2.24) is 19.9 Å². The summed E-state index contributed by atoms with van der Waals surface area (Å²) in [5, 5.41) is 0.369. The number of carbonyl (C=O) groups is 1. The lowest BCUT2D eigenvalue weighted by molar-refractivity contribution is -0.130. The minimum absolute atomic E-state index is 0.0147. The molecule has 0 unspecified atom stereocenters. The van der Waals surface area contributed by atoms with Crippen LogP contribution in [0.3, 0.4) is 0 Å². The van der Waals surface area contributed by atoms with E-state index in [9.17, 15) is 4.79 Å². The standard InChI is InChI=1S/C16H20N6O/c1-11-5-7-22(14(23)8-17-2)9-13(11)21(3)16-12-4-6-18-15(12)19-10-20-16/h4,6,10-11,13H,5,7-9H2,1,3H3,(H,18,19,20)/t11-,13-/m1/s1/i5D2,7D2,8D2,9D2,13D. The van der Waals surface area contributed by atoms with Crippen molar-refractivity contribution in [3.63, 3.8) is 0 Å². The fraction of sp³-hybridized carbons (Fsp3) is 0.500. The molecule has 7 nitrogen and oxygen atoms in total. The van der Waals surface area contributed by atoms with E-state index in [1.54, 1.807) is 6.07 Å². The first-order valence-electron chi connectivity index (χ1n) is 11.2. The first-order chi connectivity index (χ1) is 14.5. The van der Waals surface area contributed by atoms with Crippen LogP contribution in [0.5, 0.6) is 0 Å². The highest BCUT2D eigenvalue weighted by molar-refractivity contribution is 5.87. The number of anilines is 1. The van der Waals surface area contributed by atoms with Gasteiger partial charge in [0.05, 0.1) is 15.5 Å². The Hall–Kier alpha value is -2.62. The van der Waals surface area contributed by atoms with Crippen LogP contribution in [0.1, 0.15) is 25.6 Å². The fourth-order valence-electron chi connectivity index (χ4n) is 2.27. The van der Waals surface area contributed by atoms with E-state index in [-0.39, 0.29) is 10.7 Å². The second-order valence-electron chi connectivity index (χ2n) is 4.84. The van der Waals surface area contributed by atoms with Crippen molar-refractivity contribution in [2.45, 2.75) is 19.3 Å². The molecule has 0 aliphatic carbocycles. The second-order valence-corrected chi connectivity index (χ2v) is 4.84. The molecule has 1 N–H and O–H groups in total. The number of nitrogens with zero attached hydrogens (tertiary/aromatic N) is 5. The molecule has 23 heavy (non-hydrogen) atoms. The Balaban J connectivity index is 2.30. The average Bonchev–Trinajstić information content (AvgIpc) is 3.19. The van der Waals surface area contributed by atoms with Gasteiger partial charge >= 0.3 is 5.91 Å². The van der Waals surface area contributed by atoms with E-state index in [4.69, 9.17) is 18.9 Å². The summed E-state index contributed by atoms with van der Waals surface area (Å²) in [6, 6.07) is -1.14. The van der Waals surface area contributed by atoms with Crippen molar-refractivity contribution < 1.29 is 17.1 Å². The zero-order valence-electron chi connectivity index (χ0n) is 21.5. The molecule has 1 aliphatic heterocycles. The molecule has 120 valence electrons. The predicted octanol–water partition coefficient (Wildman–Crippen LogP) is 1.55. The Morgan fingerprint density at radius 1 is 1.74 bits per heavy atom. The van der Waals surface area contributed by atoms with Gasteiger partial charge in [0.1, 0.15) is 20.5 Å². The van der Waals surface area contributed by atoms with Crippen LogP contribution in [0.2, 0.25) is 0 Å². The van der Waals surface area contributed by atoms with Crippen LogP contribution in [-0.2, 0) is 4.79 Å². The van der Waals surface area contributed by atoms with Gasteiger partial charge in [-0.2, -0.15) is 0 Å². The van der Waals surface area contributed by atoms with Crippen molar-refractivity contribution >= 4 is 22.8 Å². The Morgan fingerprint density at radius 2 is 2.57 bits per heavy atom. The molecule has 7 heteroatoms. The van der Waals surface area contributed by atoms with Gasteiger partial charge < -0.3 is 19.6 Å². The van der Waals surface area contributed by atoms with E-state index in [2.05, 4.69) is 19.8 Å². The number of hydrogen-bond acceptors (Lipinski definition) is 4. The molecular formula is C16H20N6O. The number of aromatic nitrogens is 3. The number of piperidine rings is 1. The van der Waals surface area contributed by atoms with Crippen molar-refractivity contribution in [2.24, 2.45) is 5.92 Å². The van der Waals surface area contributed by atoms with Crippen LogP contribution in [0.4, 0.5) is 5.82 Å². The number of fused-ring (bicyclic) bond motifs is 1. The van der Waals surface area contributed by atoms with Crippen LogP contribution in [0.25, 0.3) is 15.9 Å². The van der Waals surface area contributed by atoms with Crippen LogP contribution in [0, 0.1) is 12.5 Å². The monoisotopic (exact) mass is 321 g/mol. The topological polar surface area (TPSA) is 69.5 Å². The van der Waals surface area contributed by atoms with Gasteiger partial charge in [-0.25, -0.2) is 16.5 Å². The summed E-state index contributed by atoms with van der Waals surface area (Å²) in [6.07, 6.45) is -0.345. The van der Waals surface area contributed by atoms with E-state index in [0.29, 0.717) is 11.0 Å². The molecule has 3 heterocycles. The lowest BCUT2D eigenvalue weighted by Crippen LogP contribution is -2.53. The molecule has 2 aromatic heterocycles. The first kappa shape index (κ1) is 7.77. The van der Waals surface area contributed by atoms with Gasteiger partial charge in [-0.3, -0.25) is 4.79 Å². The molecule has 1 amide bonds. The van der Waals surface area contributed by atoms with Crippen LogP contribution in [-0.4, -0.2) is 58.3 Å². The Bertz CT molecular complexity index is 1110.